The second-order valence-electron chi connectivity index (χ2n) is 3.80. The smallest absolute Gasteiger partial charge is 0.305 e. The predicted octanol–water partition coefficient (Wildman–Crippen LogP) is 2.13. The van der Waals surface area contributed by atoms with Crippen LogP contribution in [0.5, 0.6) is 0 Å². The summed E-state index contributed by atoms with van der Waals surface area (Å²) in [5.41, 5.74) is 0. The van der Waals surface area contributed by atoms with Crippen LogP contribution in [0.1, 0.15) is 46.5 Å². The molecule has 0 aliphatic rings. The Kier molecular flexibility index (Phi) is 7.48. The van der Waals surface area contributed by atoms with Crippen LogP contribution in [0, 0.1) is 5.92 Å². The van der Waals surface area contributed by atoms with Crippen molar-refractivity contribution in [1.29, 1.82) is 0 Å². The van der Waals surface area contributed by atoms with Crippen molar-refractivity contribution in [3.63, 3.8) is 0 Å². The van der Waals surface area contributed by atoms with Gasteiger partial charge >= 0.3 is 5.97 Å². The first-order valence-corrected chi connectivity index (χ1v) is 5.43. The molecule has 1 N–H and O–H groups in total. The third kappa shape index (κ3) is 6.89. The van der Waals surface area contributed by atoms with Crippen molar-refractivity contribution in [1.82, 2.24) is 0 Å². The second-order valence-corrected chi connectivity index (χ2v) is 3.80. The molecule has 0 bridgehead atoms. The van der Waals surface area contributed by atoms with Crippen LogP contribution in [0.15, 0.2) is 0 Å². The Hall–Kier alpha value is -0.570. The lowest BCUT2D eigenvalue weighted by molar-refractivity contribution is -0.147. The number of hydrogen-bond acceptors (Lipinski definition) is 3. The van der Waals surface area contributed by atoms with E-state index in [4.69, 9.17) is 9.84 Å². The summed E-state index contributed by atoms with van der Waals surface area (Å²) in [5.74, 6) is 0.372. The minimum atomic E-state index is -0.512. The zero-order chi connectivity index (χ0) is 11.0. The molecule has 3 nitrogen and oxygen atoms in total. The lowest BCUT2D eigenvalue weighted by Gasteiger charge is -2.10. The lowest BCUT2D eigenvalue weighted by Crippen LogP contribution is -2.17. The van der Waals surface area contributed by atoms with Gasteiger partial charge in [-0.2, -0.15) is 0 Å². The van der Waals surface area contributed by atoms with E-state index in [2.05, 4.69) is 13.8 Å². The first kappa shape index (κ1) is 13.4. The van der Waals surface area contributed by atoms with Crippen molar-refractivity contribution in [2.45, 2.75) is 52.6 Å². The maximum atomic E-state index is 11.2. The van der Waals surface area contributed by atoms with E-state index >= 15 is 0 Å². The van der Waals surface area contributed by atoms with Gasteiger partial charge in [0.25, 0.3) is 0 Å². The number of esters is 1. The highest BCUT2D eigenvalue weighted by Crippen LogP contribution is 2.09. The molecule has 0 saturated heterocycles. The molecule has 0 aromatic heterocycles. The molecule has 0 amide bonds. The Morgan fingerprint density at radius 3 is 2.50 bits per heavy atom. The van der Waals surface area contributed by atoms with Gasteiger partial charge in [-0.1, -0.05) is 27.2 Å². The normalized spacial score (nSPS) is 14.9. The van der Waals surface area contributed by atoms with Gasteiger partial charge in [0.05, 0.1) is 6.10 Å². The summed E-state index contributed by atoms with van der Waals surface area (Å²) in [7, 11) is 0. The molecule has 2 atom stereocenters. The molecule has 0 spiro atoms. The van der Waals surface area contributed by atoms with Gasteiger partial charge in [0, 0.05) is 6.42 Å². The second kappa shape index (κ2) is 7.80. The first-order valence-electron chi connectivity index (χ1n) is 5.43. The summed E-state index contributed by atoms with van der Waals surface area (Å²) in [6.07, 6.45) is 2.54. The Morgan fingerprint density at radius 2 is 2.00 bits per heavy atom. The van der Waals surface area contributed by atoms with E-state index in [1.165, 1.54) is 0 Å². The van der Waals surface area contributed by atoms with Gasteiger partial charge in [0.1, 0.15) is 6.61 Å². The van der Waals surface area contributed by atoms with Gasteiger partial charge in [0.2, 0.25) is 0 Å². The van der Waals surface area contributed by atoms with Crippen molar-refractivity contribution < 1.29 is 14.6 Å². The monoisotopic (exact) mass is 202 g/mol. The number of rotatable bonds is 7. The Balaban J connectivity index is 3.46. The van der Waals surface area contributed by atoms with Crippen LogP contribution >= 0.6 is 0 Å². The minimum absolute atomic E-state index is 0.135. The van der Waals surface area contributed by atoms with Crippen LogP contribution in [0.4, 0.5) is 0 Å². The van der Waals surface area contributed by atoms with Crippen molar-refractivity contribution in [3.05, 3.63) is 0 Å². The van der Waals surface area contributed by atoms with E-state index in [0.717, 1.165) is 12.8 Å². The lowest BCUT2D eigenvalue weighted by atomic mass is 10.0. The molecule has 0 heterocycles. The van der Waals surface area contributed by atoms with Crippen LogP contribution in [0.25, 0.3) is 0 Å². The third-order valence-electron chi connectivity index (χ3n) is 2.45. The Labute approximate surface area is 86.5 Å². The molecule has 2 unspecified atom stereocenters. The third-order valence-corrected chi connectivity index (χ3v) is 2.45. The first-order chi connectivity index (χ1) is 6.60. The topological polar surface area (TPSA) is 46.5 Å². The van der Waals surface area contributed by atoms with Gasteiger partial charge in [-0.15, -0.1) is 0 Å². The summed E-state index contributed by atoms with van der Waals surface area (Å²) in [6, 6.07) is 0. The fraction of sp³-hybridized carbons (Fsp3) is 0.909. The molecule has 0 radical (unpaired) electrons. The fourth-order valence-corrected chi connectivity index (χ4v) is 0.948. The highest BCUT2D eigenvalue weighted by Gasteiger charge is 2.08. The summed E-state index contributed by atoms with van der Waals surface area (Å²) in [6.45, 7) is 6.22. The maximum absolute atomic E-state index is 11.2. The zero-order valence-corrected chi connectivity index (χ0v) is 9.45. The average molecular weight is 202 g/mol. The molecule has 0 aliphatic carbocycles. The van der Waals surface area contributed by atoms with Crippen LogP contribution in [0.3, 0.4) is 0 Å². The van der Waals surface area contributed by atoms with Crippen LogP contribution in [0.2, 0.25) is 0 Å². The molecule has 84 valence electrons. The van der Waals surface area contributed by atoms with Gasteiger partial charge in [0.15, 0.2) is 0 Å². The fourth-order valence-electron chi connectivity index (χ4n) is 0.948. The van der Waals surface area contributed by atoms with Crippen LogP contribution in [-0.2, 0) is 9.53 Å². The van der Waals surface area contributed by atoms with Crippen LogP contribution in [-0.4, -0.2) is 23.8 Å². The minimum Gasteiger partial charge on any atom is -0.463 e. The van der Waals surface area contributed by atoms with E-state index < -0.39 is 6.10 Å². The molecule has 0 aromatic rings. The maximum Gasteiger partial charge on any atom is 0.305 e. The highest BCUT2D eigenvalue weighted by atomic mass is 16.5. The average Bonchev–Trinajstić information content (AvgIpc) is 2.22. The van der Waals surface area contributed by atoms with Crippen molar-refractivity contribution >= 4 is 5.97 Å². The van der Waals surface area contributed by atoms with Gasteiger partial charge in [-0.05, 0) is 18.8 Å². The van der Waals surface area contributed by atoms with Crippen molar-refractivity contribution in [2.24, 2.45) is 5.92 Å². The van der Waals surface area contributed by atoms with E-state index in [1.807, 2.05) is 6.92 Å². The number of carbonyl (C=O) groups excluding carboxylic acids is 1. The summed E-state index contributed by atoms with van der Waals surface area (Å²) < 4.78 is 4.90. The van der Waals surface area contributed by atoms with Gasteiger partial charge in [-0.3, -0.25) is 4.79 Å². The molecule has 0 aromatic carbocycles. The molecule has 0 saturated carbocycles. The summed E-state index contributed by atoms with van der Waals surface area (Å²) in [4.78, 5) is 11.2. The number of aliphatic hydroxyl groups is 1. The molecular formula is C11H22O3. The van der Waals surface area contributed by atoms with Gasteiger partial charge < -0.3 is 9.84 Å². The summed E-state index contributed by atoms with van der Waals surface area (Å²) >= 11 is 0. The Bertz CT molecular complexity index is 141. The number of ether oxygens (including phenoxy) is 1. The van der Waals surface area contributed by atoms with Gasteiger partial charge in [-0.25, -0.2) is 0 Å². The molecule has 3 heteroatoms. The SMILES string of the molecule is CCC(C)CCC(=O)OCC(O)CC. The molecular weight excluding hydrogens is 180 g/mol. The van der Waals surface area contributed by atoms with E-state index in [0.29, 0.717) is 18.8 Å². The summed E-state index contributed by atoms with van der Waals surface area (Å²) in [5, 5.41) is 9.15. The Morgan fingerprint density at radius 1 is 1.36 bits per heavy atom. The van der Waals surface area contributed by atoms with Crippen LogP contribution < -0.4 is 0 Å². The van der Waals surface area contributed by atoms with Crippen molar-refractivity contribution in [2.75, 3.05) is 6.61 Å². The number of hydrogen-bond donors (Lipinski definition) is 1. The molecule has 14 heavy (non-hydrogen) atoms. The largest absolute Gasteiger partial charge is 0.463 e. The molecule has 0 rings (SSSR count). The number of aliphatic hydroxyl groups excluding tert-OH is 1. The van der Waals surface area contributed by atoms with Crippen molar-refractivity contribution in [3.8, 4) is 0 Å². The van der Waals surface area contributed by atoms with E-state index in [9.17, 15) is 4.79 Å². The quantitative estimate of drug-likeness (QED) is 0.643. The number of carbonyl (C=O) groups is 1. The zero-order valence-electron chi connectivity index (χ0n) is 9.45. The molecule has 0 fully saturated rings. The predicted molar refractivity (Wildman–Crippen MR) is 55.9 cm³/mol. The van der Waals surface area contributed by atoms with E-state index in [-0.39, 0.29) is 12.6 Å². The van der Waals surface area contributed by atoms with E-state index in [1.54, 1.807) is 0 Å². The highest BCUT2D eigenvalue weighted by molar-refractivity contribution is 5.69. The molecule has 0 aliphatic heterocycles. The standard InChI is InChI=1S/C11H22O3/c1-4-9(3)6-7-11(13)14-8-10(12)5-2/h9-10,12H,4-8H2,1-3H3.